The molecule has 0 radical (unpaired) electrons. The van der Waals surface area contributed by atoms with Crippen molar-refractivity contribution in [2.45, 2.75) is 66.2 Å². The Morgan fingerprint density at radius 1 is 0.867 bits per heavy atom. The van der Waals surface area contributed by atoms with Crippen LogP contribution in [0.3, 0.4) is 0 Å². The van der Waals surface area contributed by atoms with Crippen LogP contribution in [0.15, 0.2) is 0 Å². The van der Waals surface area contributed by atoms with Gasteiger partial charge in [0.25, 0.3) is 0 Å². The summed E-state index contributed by atoms with van der Waals surface area (Å²) >= 11 is 0. The average molecular weight is 251 g/mol. The minimum atomic E-state index is -1.38. The van der Waals surface area contributed by atoms with Gasteiger partial charge in [-0.05, 0) is 46.2 Å². The minimum absolute atomic E-state index is 0.249. The predicted molar refractivity (Wildman–Crippen MR) is 74.5 cm³/mol. The molecule has 15 heavy (non-hydrogen) atoms. The van der Waals surface area contributed by atoms with Crippen LogP contribution in [0.5, 0.6) is 0 Å². The van der Waals surface area contributed by atoms with Gasteiger partial charge in [0.15, 0.2) is 16.6 Å². The van der Waals surface area contributed by atoms with Crippen molar-refractivity contribution in [2.75, 3.05) is 6.61 Å². The Morgan fingerprint density at radius 2 is 1.27 bits per heavy atom. The maximum Gasteiger partial charge on any atom is 0.184 e. The first kappa shape index (κ1) is 17.7. The summed E-state index contributed by atoms with van der Waals surface area (Å²) in [6.07, 6.45) is 0.249. The highest BCUT2D eigenvalue weighted by Gasteiger charge is 2.20. The van der Waals surface area contributed by atoms with E-state index in [1.165, 1.54) is 0 Å². The molecule has 0 aromatic heterocycles. The quantitative estimate of drug-likeness (QED) is 0.684. The van der Waals surface area contributed by atoms with Gasteiger partial charge in [0, 0.05) is 0 Å². The Balaban J connectivity index is 0. The van der Waals surface area contributed by atoms with Crippen LogP contribution >= 0.6 is 0 Å². The van der Waals surface area contributed by atoms with Crippen molar-refractivity contribution in [1.82, 2.24) is 0 Å². The van der Waals surface area contributed by atoms with Gasteiger partial charge >= 0.3 is 0 Å². The summed E-state index contributed by atoms with van der Waals surface area (Å²) in [5, 5.41) is 0. The molecule has 4 heteroatoms. The van der Waals surface area contributed by atoms with E-state index >= 15 is 0 Å². The summed E-state index contributed by atoms with van der Waals surface area (Å²) in [7, 11) is -2.74. The minimum Gasteiger partial charge on any atom is -0.415 e. The molecule has 0 aromatic carbocycles. The third-order valence-electron chi connectivity index (χ3n) is 1.31. The van der Waals surface area contributed by atoms with Gasteiger partial charge in [-0.1, -0.05) is 13.8 Å². The lowest BCUT2D eigenvalue weighted by Crippen LogP contribution is -2.36. The lowest BCUT2D eigenvalue weighted by atomic mass is 10.5. The van der Waals surface area contributed by atoms with Crippen LogP contribution in [0, 0.1) is 0 Å². The molecule has 0 heterocycles. The second-order valence-electron chi connectivity index (χ2n) is 5.46. The van der Waals surface area contributed by atoms with Gasteiger partial charge in [-0.15, -0.1) is 0 Å². The van der Waals surface area contributed by atoms with Crippen LogP contribution in [0.25, 0.3) is 0 Å². The molecule has 0 aliphatic rings. The Morgan fingerprint density at radius 3 is 1.53 bits per heavy atom. The molecule has 1 unspecified atom stereocenters. The maximum atomic E-state index is 5.87. The van der Waals surface area contributed by atoms with Gasteiger partial charge in [0.05, 0.1) is 12.7 Å². The summed E-state index contributed by atoms with van der Waals surface area (Å²) in [6.45, 7) is 20.1. The standard InChI is InChI=1S/C9H24O2Si2.C2H6/c1-9(11-13(5,6)7)8-10-12(2,3)4;1-2/h9H,8H2,1-7H3;1-2H3. The van der Waals surface area contributed by atoms with Crippen molar-refractivity contribution < 1.29 is 8.85 Å². The molecule has 0 spiro atoms. The van der Waals surface area contributed by atoms with Crippen LogP contribution in [-0.2, 0) is 8.85 Å². The molecule has 0 fully saturated rings. The topological polar surface area (TPSA) is 18.5 Å². The zero-order valence-electron chi connectivity index (χ0n) is 12.1. The molecule has 94 valence electrons. The van der Waals surface area contributed by atoms with Crippen LogP contribution in [0.4, 0.5) is 0 Å². The van der Waals surface area contributed by atoms with E-state index in [0.717, 1.165) is 6.61 Å². The number of hydrogen-bond acceptors (Lipinski definition) is 2. The highest BCUT2D eigenvalue weighted by Crippen LogP contribution is 2.10. The summed E-state index contributed by atoms with van der Waals surface area (Å²) in [6, 6.07) is 0. The van der Waals surface area contributed by atoms with Gasteiger partial charge in [-0.25, -0.2) is 0 Å². The van der Waals surface area contributed by atoms with Crippen molar-refractivity contribution in [3.05, 3.63) is 0 Å². The Hall–Kier alpha value is 0.354. The molecule has 2 nitrogen and oxygen atoms in total. The molecule has 0 rings (SSSR count). The maximum absolute atomic E-state index is 5.87. The summed E-state index contributed by atoms with van der Waals surface area (Å²) < 4.78 is 11.6. The van der Waals surface area contributed by atoms with E-state index in [1.54, 1.807) is 0 Å². The highest BCUT2D eigenvalue weighted by atomic mass is 28.4. The second kappa shape index (κ2) is 7.60. The first-order valence-corrected chi connectivity index (χ1v) is 12.7. The van der Waals surface area contributed by atoms with E-state index in [1.807, 2.05) is 13.8 Å². The van der Waals surface area contributed by atoms with Crippen LogP contribution in [0.2, 0.25) is 39.3 Å². The van der Waals surface area contributed by atoms with E-state index in [0.29, 0.717) is 0 Å². The summed E-state index contributed by atoms with van der Waals surface area (Å²) in [5.74, 6) is 0. The highest BCUT2D eigenvalue weighted by molar-refractivity contribution is 6.70. The molecule has 0 aromatic rings. The molecule has 0 aliphatic carbocycles. The average Bonchev–Trinajstić information content (AvgIpc) is 2.00. The first-order chi connectivity index (χ1) is 6.60. The molecular weight excluding hydrogens is 220 g/mol. The zero-order chi connectivity index (χ0) is 12.7. The van der Waals surface area contributed by atoms with Gasteiger partial charge in [-0.2, -0.15) is 0 Å². The zero-order valence-corrected chi connectivity index (χ0v) is 14.1. The summed E-state index contributed by atoms with van der Waals surface area (Å²) in [4.78, 5) is 0. The van der Waals surface area contributed by atoms with Crippen LogP contribution < -0.4 is 0 Å². The molecule has 0 saturated carbocycles. The van der Waals surface area contributed by atoms with E-state index < -0.39 is 16.6 Å². The molecule has 0 aliphatic heterocycles. The third kappa shape index (κ3) is 17.0. The van der Waals surface area contributed by atoms with Crippen molar-refractivity contribution in [3.8, 4) is 0 Å². The van der Waals surface area contributed by atoms with Crippen LogP contribution in [-0.4, -0.2) is 29.3 Å². The largest absolute Gasteiger partial charge is 0.415 e. The van der Waals surface area contributed by atoms with Crippen LogP contribution in [0.1, 0.15) is 20.8 Å². The molecule has 0 saturated heterocycles. The van der Waals surface area contributed by atoms with E-state index in [-0.39, 0.29) is 6.10 Å². The normalized spacial score (nSPS) is 14.2. The smallest absolute Gasteiger partial charge is 0.184 e. The lowest BCUT2D eigenvalue weighted by molar-refractivity contribution is 0.133. The first-order valence-electron chi connectivity index (χ1n) is 5.92. The number of hydrogen-bond donors (Lipinski definition) is 0. The van der Waals surface area contributed by atoms with Crippen molar-refractivity contribution >= 4 is 16.6 Å². The van der Waals surface area contributed by atoms with Crippen molar-refractivity contribution in [2.24, 2.45) is 0 Å². The molecule has 0 bridgehead atoms. The Bertz CT molecular complexity index is 148. The van der Waals surface area contributed by atoms with E-state index in [9.17, 15) is 0 Å². The van der Waals surface area contributed by atoms with E-state index in [2.05, 4.69) is 46.2 Å². The fourth-order valence-corrected chi connectivity index (χ4v) is 3.01. The Kier molecular flexibility index (Phi) is 8.99. The molecule has 1 atom stereocenters. The second-order valence-corrected chi connectivity index (χ2v) is 14.4. The Labute approximate surface area is 98.6 Å². The van der Waals surface area contributed by atoms with Gasteiger partial charge in [0.1, 0.15) is 0 Å². The van der Waals surface area contributed by atoms with Gasteiger partial charge < -0.3 is 8.85 Å². The third-order valence-corrected chi connectivity index (χ3v) is 3.45. The fourth-order valence-electron chi connectivity index (χ4n) is 1.00. The predicted octanol–water partition coefficient (Wildman–Crippen LogP) is 4.10. The van der Waals surface area contributed by atoms with Gasteiger partial charge in [0.2, 0.25) is 0 Å². The van der Waals surface area contributed by atoms with Gasteiger partial charge in [-0.3, -0.25) is 0 Å². The van der Waals surface area contributed by atoms with Crippen molar-refractivity contribution in [1.29, 1.82) is 0 Å². The van der Waals surface area contributed by atoms with E-state index in [4.69, 9.17) is 8.85 Å². The fraction of sp³-hybridized carbons (Fsp3) is 1.00. The molecule has 0 amide bonds. The lowest BCUT2D eigenvalue weighted by Gasteiger charge is -2.26. The van der Waals surface area contributed by atoms with Crippen molar-refractivity contribution in [3.63, 3.8) is 0 Å². The SMILES string of the molecule is CC.CC(CO[Si](C)(C)C)O[Si](C)(C)C. The summed E-state index contributed by atoms with van der Waals surface area (Å²) in [5.41, 5.74) is 0. The molecular formula is C11H30O2Si2. The molecule has 0 N–H and O–H groups in total. The number of rotatable bonds is 5. The monoisotopic (exact) mass is 250 g/mol.